The summed E-state index contributed by atoms with van der Waals surface area (Å²) in [6, 6.07) is 10.3. The average Bonchev–Trinajstić information content (AvgIpc) is 2.53. The van der Waals surface area contributed by atoms with E-state index < -0.39 is 0 Å². The third-order valence-electron chi connectivity index (χ3n) is 3.43. The molecule has 1 aromatic carbocycles. The number of nitrogens with one attached hydrogen (secondary N) is 1. The van der Waals surface area contributed by atoms with E-state index in [0.717, 1.165) is 18.7 Å². The van der Waals surface area contributed by atoms with E-state index in [9.17, 15) is 0 Å². The number of nitrogens with zero attached hydrogens (tertiary/aromatic N) is 1. The minimum absolute atomic E-state index is 0.0516. The van der Waals surface area contributed by atoms with Crippen molar-refractivity contribution >= 4 is 0 Å². The van der Waals surface area contributed by atoms with Gasteiger partial charge in [-0.1, -0.05) is 19.1 Å². The molecule has 3 unspecified atom stereocenters. The molecule has 1 fully saturated rings. The maximum absolute atomic E-state index is 8.89. The summed E-state index contributed by atoms with van der Waals surface area (Å²) in [6.45, 7) is 5.93. The molecule has 0 radical (unpaired) electrons. The first kappa shape index (κ1) is 12.1. The van der Waals surface area contributed by atoms with Crippen molar-refractivity contribution in [2.24, 2.45) is 5.92 Å². The Morgan fingerprint density at radius 1 is 1.41 bits per heavy atom. The number of hydrogen-bond acceptors (Lipinski definition) is 3. The van der Waals surface area contributed by atoms with Gasteiger partial charge in [0.25, 0.3) is 0 Å². The van der Waals surface area contributed by atoms with Crippen molar-refractivity contribution < 1.29 is 4.74 Å². The third-order valence-corrected chi connectivity index (χ3v) is 3.43. The summed E-state index contributed by atoms with van der Waals surface area (Å²) in [6.07, 6.45) is 0.0516. The van der Waals surface area contributed by atoms with E-state index >= 15 is 0 Å². The first-order valence-corrected chi connectivity index (χ1v) is 6.05. The van der Waals surface area contributed by atoms with Gasteiger partial charge >= 0.3 is 0 Å². The van der Waals surface area contributed by atoms with Gasteiger partial charge in [0.15, 0.2) is 0 Å². The first-order valence-electron chi connectivity index (χ1n) is 6.05. The van der Waals surface area contributed by atoms with Crippen LogP contribution in [0.1, 0.15) is 31.1 Å². The van der Waals surface area contributed by atoms with Crippen LogP contribution in [0.5, 0.6) is 0 Å². The van der Waals surface area contributed by atoms with Gasteiger partial charge in [0.2, 0.25) is 0 Å². The highest BCUT2D eigenvalue weighted by molar-refractivity contribution is 5.34. The minimum atomic E-state index is 0.0516. The number of rotatable bonds is 1. The van der Waals surface area contributed by atoms with Crippen molar-refractivity contribution in [3.63, 3.8) is 0 Å². The van der Waals surface area contributed by atoms with Crippen LogP contribution in [0.4, 0.5) is 0 Å². The Kier molecular flexibility index (Phi) is 3.78. The molecule has 1 aliphatic heterocycles. The fraction of sp³-hybridized carbons (Fsp3) is 0.500. The predicted molar refractivity (Wildman–Crippen MR) is 66.5 cm³/mol. The lowest BCUT2D eigenvalue weighted by atomic mass is 10.1. The second kappa shape index (κ2) is 5.31. The van der Waals surface area contributed by atoms with Crippen molar-refractivity contribution in [1.29, 1.82) is 5.26 Å². The van der Waals surface area contributed by atoms with Gasteiger partial charge in [0.1, 0.15) is 0 Å². The highest BCUT2D eigenvalue weighted by atomic mass is 16.5. The van der Waals surface area contributed by atoms with Gasteiger partial charge in [-0.2, -0.15) is 5.26 Å². The summed E-state index contributed by atoms with van der Waals surface area (Å²) in [4.78, 5) is 0. The largest absolute Gasteiger partial charge is 0.372 e. The summed E-state index contributed by atoms with van der Waals surface area (Å²) >= 11 is 0. The van der Waals surface area contributed by atoms with Crippen molar-refractivity contribution in [2.45, 2.75) is 26.0 Å². The summed E-state index contributed by atoms with van der Waals surface area (Å²) in [5.74, 6) is 0.513. The van der Waals surface area contributed by atoms with Gasteiger partial charge in [-0.3, -0.25) is 0 Å². The average molecular weight is 230 g/mol. The van der Waals surface area contributed by atoms with Crippen LogP contribution >= 0.6 is 0 Å². The molecule has 3 nitrogen and oxygen atoms in total. The van der Waals surface area contributed by atoms with E-state index in [2.05, 4.69) is 25.2 Å². The monoisotopic (exact) mass is 230 g/mol. The Balaban J connectivity index is 2.14. The molecular formula is C14H18N2O. The van der Waals surface area contributed by atoms with Crippen LogP contribution < -0.4 is 5.32 Å². The second-order valence-corrected chi connectivity index (χ2v) is 4.73. The van der Waals surface area contributed by atoms with E-state index in [0.29, 0.717) is 17.5 Å². The topological polar surface area (TPSA) is 45.0 Å². The van der Waals surface area contributed by atoms with Gasteiger partial charge in [0.05, 0.1) is 24.3 Å². The SMILES string of the molecule is CC1COC(c2cccc(C#N)c2)CNC1C. The third kappa shape index (κ3) is 2.85. The van der Waals surface area contributed by atoms with Crippen molar-refractivity contribution in [1.82, 2.24) is 5.32 Å². The Morgan fingerprint density at radius 2 is 2.24 bits per heavy atom. The maximum atomic E-state index is 8.89. The van der Waals surface area contributed by atoms with Gasteiger partial charge in [-0.25, -0.2) is 0 Å². The lowest BCUT2D eigenvalue weighted by molar-refractivity contribution is 0.0496. The van der Waals surface area contributed by atoms with Crippen LogP contribution in [-0.4, -0.2) is 19.2 Å². The highest BCUT2D eigenvalue weighted by Gasteiger charge is 2.22. The van der Waals surface area contributed by atoms with Crippen LogP contribution in [0.25, 0.3) is 0 Å². The van der Waals surface area contributed by atoms with Gasteiger partial charge < -0.3 is 10.1 Å². The van der Waals surface area contributed by atoms with E-state index in [1.807, 2.05) is 24.3 Å². The van der Waals surface area contributed by atoms with Crippen molar-refractivity contribution in [2.75, 3.05) is 13.2 Å². The molecule has 1 aromatic rings. The van der Waals surface area contributed by atoms with Crippen LogP contribution in [-0.2, 0) is 4.74 Å². The molecule has 1 N–H and O–H groups in total. The fourth-order valence-electron chi connectivity index (χ4n) is 1.99. The van der Waals surface area contributed by atoms with E-state index in [4.69, 9.17) is 10.00 Å². The number of hydrogen-bond donors (Lipinski definition) is 1. The quantitative estimate of drug-likeness (QED) is 0.804. The van der Waals surface area contributed by atoms with Gasteiger partial charge in [0, 0.05) is 12.6 Å². The Morgan fingerprint density at radius 3 is 3.00 bits per heavy atom. The van der Waals surface area contributed by atoms with Gasteiger partial charge in [-0.05, 0) is 30.5 Å². The fourth-order valence-corrected chi connectivity index (χ4v) is 1.99. The second-order valence-electron chi connectivity index (χ2n) is 4.73. The van der Waals surface area contributed by atoms with E-state index in [1.54, 1.807) is 0 Å². The molecule has 0 spiro atoms. The van der Waals surface area contributed by atoms with Crippen LogP contribution in [0.15, 0.2) is 24.3 Å². The molecule has 1 heterocycles. The molecule has 0 bridgehead atoms. The summed E-state index contributed by atoms with van der Waals surface area (Å²) in [7, 11) is 0. The zero-order chi connectivity index (χ0) is 12.3. The minimum Gasteiger partial charge on any atom is -0.372 e. The van der Waals surface area contributed by atoms with Gasteiger partial charge in [-0.15, -0.1) is 0 Å². The highest BCUT2D eigenvalue weighted by Crippen LogP contribution is 2.22. The molecule has 1 aliphatic rings. The molecule has 90 valence electrons. The zero-order valence-corrected chi connectivity index (χ0v) is 10.3. The molecule has 0 amide bonds. The summed E-state index contributed by atoms with van der Waals surface area (Å²) in [5, 5.41) is 12.4. The summed E-state index contributed by atoms with van der Waals surface area (Å²) in [5.41, 5.74) is 1.77. The molecule has 3 heteroatoms. The molecule has 1 saturated heterocycles. The molecule has 2 rings (SSSR count). The number of nitriles is 1. The van der Waals surface area contributed by atoms with Crippen molar-refractivity contribution in [3.8, 4) is 6.07 Å². The molecular weight excluding hydrogens is 212 g/mol. The molecule has 0 aliphatic carbocycles. The van der Waals surface area contributed by atoms with Crippen molar-refractivity contribution in [3.05, 3.63) is 35.4 Å². The molecule has 0 aromatic heterocycles. The standard InChI is InChI=1S/C14H18N2O/c1-10-9-17-14(8-16-11(10)2)13-5-3-4-12(6-13)7-15/h3-6,10-11,14,16H,8-9H2,1-2H3. The predicted octanol–water partition coefficient (Wildman–Crippen LogP) is 2.24. The Bertz CT molecular complexity index is 412. The molecule has 0 saturated carbocycles. The normalized spacial score (nSPS) is 29.4. The number of benzene rings is 1. The zero-order valence-electron chi connectivity index (χ0n) is 10.3. The maximum Gasteiger partial charge on any atom is 0.0991 e. The van der Waals surface area contributed by atoms with Crippen LogP contribution in [0.3, 0.4) is 0 Å². The molecule has 3 atom stereocenters. The van der Waals surface area contributed by atoms with Crippen LogP contribution in [0, 0.1) is 17.2 Å². The molecule has 17 heavy (non-hydrogen) atoms. The Hall–Kier alpha value is -1.37. The summed E-state index contributed by atoms with van der Waals surface area (Å²) < 4.78 is 5.90. The first-order chi connectivity index (χ1) is 8.20. The van der Waals surface area contributed by atoms with E-state index in [1.165, 1.54) is 0 Å². The smallest absolute Gasteiger partial charge is 0.0991 e. The lowest BCUT2D eigenvalue weighted by Crippen LogP contribution is -2.32. The Labute approximate surface area is 102 Å². The number of ether oxygens (including phenoxy) is 1. The van der Waals surface area contributed by atoms with E-state index in [-0.39, 0.29) is 6.10 Å². The lowest BCUT2D eigenvalue weighted by Gasteiger charge is -2.15. The van der Waals surface area contributed by atoms with Crippen LogP contribution in [0.2, 0.25) is 0 Å².